The topological polar surface area (TPSA) is 74.6 Å². The van der Waals surface area contributed by atoms with E-state index in [2.05, 4.69) is 16.3 Å². The lowest BCUT2D eigenvalue weighted by Gasteiger charge is -2.33. The zero-order valence-electron chi connectivity index (χ0n) is 16.4. The summed E-state index contributed by atoms with van der Waals surface area (Å²) in [6, 6.07) is 2.34. The summed E-state index contributed by atoms with van der Waals surface area (Å²) in [5.74, 6) is 0.491. The maximum Gasteiger partial charge on any atom is 0.226 e. The zero-order valence-corrected chi connectivity index (χ0v) is 17.2. The van der Waals surface area contributed by atoms with Crippen molar-refractivity contribution in [3.8, 4) is 6.07 Å². The van der Waals surface area contributed by atoms with E-state index in [1.807, 2.05) is 0 Å². The van der Waals surface area contributed by atoms with Crippen LogP contribution in [-0.4, -0.2) is 49.9 Å². The fourth-order valence-corrected chi connectivity index (χ4v) is 5.75. The first-order valence-electron chi connectivity index (χ1n) is 10.5. The number of nitrogens with one attached hydrogen (secondary N) is 1. The van der Waals surface area contributed by atoms with Crippen molar-refractivity contribution in [3.63, 3.8) is 0 Å². The number of anilines is 1. The Morgan fingerprint density at radius 1 is 1.18 bits per heavy atom. The van der Waals surface area contributed by atoms with Crippen LogP contribution in [0.15, 0.2) is 0 Å². The smallest absolute Gasteiger partial charge is 0.226 e. The standard InChI is InChI=1S/C21H29N3O3S/c22-14-17-16-4-2-1-3-5-18(16)28-20(17)23-19(25)8-11-24-9-6-15(7-10-24)21-26-12-13-27-21/h15,21H,1-13H2,(H,23,25). The lowest BCUT2D eigenvalue weighted by molar-refractivity contribution is -0.117. The number of piperidine rings is 1. The summed E-state index contributed by atoms with van der Waals surface area (Å²) in [6.45, 7) is 4.15. The van der Waals surface area contributed by atoms with E-state index >= 15 is 0 Å². The number of aryl methyl sites for hydroxylation is 1. The number of ether oxygens (including phenoxy) is 2. The summed E-state index contributed by atoms with van der Waals surface area (Å²) >= 11 is 1.61. The molecule has 2 aliphatic heterocycles. The third-order valence-electron chi connectivity index (χ3n) is 6.11. The molecule has 0 radical (unpaired) electrons. The van der Waals surface area contributed by atoms with Gasteiger partial charge in [-0.3, -0.25) is 4.79 Å². The molecule has 2 saturated heterocycles. The molecule has 152 valence electrons. The molecule has 1 aromatic rings. The molecule has 0 spiro atoms. The highest BCUT2D eigenvalue weighted by Crippen LogP contribution is 2.37. The Morgan fingerprint density at radius 2 is 1.93 bits per heavy atom. The van der Waals surface area contributed by atoms with Gasteiger partial charge in [0.2, 0.25) is 5.91 Å². The van der Waals surface area contributed by atoms with E-state index in [0.29, 0.717) is 31.1 Å². The Labute approximate surface area is 170 Å². The third-order valence-corrected chi connectivity index (χ3v) is 7.31. The van der Waals surface area contributed by atoms with Crippen LogP contribution >= 0.6 is 11.3 Å². The van der Waals surface area contributed by atoms with Gasteiger partial charge in [-0.25, -0.2) is 0 Å². The molecule has 7 heteroatoms. The summed E-state index contributed by atoms with van der Waals surface area (Å²) in [5.41, 5.74) is 1.88. The van der Waals surface area contributed by atoms with Gasteiger partial charge < -0.3 is 19.7 Å². The molecule has 0 aromatic carbocycles. The van der Waals surface area contributed by atoms with Crippen molar-refractivity contribution in [2.75, 3.05) is 38.2 Å². The molecule has 1 aromatic heterocycles. The minimum absolute atomic E-state index is 0.0116. The number of hydrogen-bond donors (Lipinski definition) is 1. The SMILES string of the molecule is N#Cc1c(NC(=O)CCN2CCC(C3OCCO3)CC2)sc2c1CCCCC2. The van der Waals surface area contributed by atoms with Crippen LogP contribution in [0.5, 0.6) is 0 Å². The highest BCUT2D eigenvalue weighted by Gasteiger charge is 2.30. The van der Waals surface area contributed by atoms with Crippen molar-refractivity contribution in [1.29, 1.82) is 5.26 Å². The molecule has 0 atom stereocenters. The number of nitriles is 1. The average Bonchev–Trinajstić information content (AvgIpc) is 3.29. The van der Waals surface area contributed by atoms with Crippen molar-refractivity contribution < 1.29 is 14.3 Å². The molecular weight excluding hydrogens is 374 g/mol. The summed E-state index contributed by atoms with van der Waals surface area (Å²) in [4.78, 5) is 16.1. The van der Waals surface area contributed by atoms with Crippen LogP contribution in [-0.2, 0) is 27.1 Å². The van der Waals surface area contributed by atoms with E-state index in [1.54, 1.807) is 11.3 Å². The second-order valence-corrected chi connectivity index (χ2v) is 9.07. The molecular formula is C21H29N3O3S. The van der Waals surface area contributed by atoms with Gasteiger partial charge in [0.15, 0.2) is 6.29 Å². The number of fused-ring (bicyclic) bond motifs is 1. The normalized spacial score (nSPS) is 21.8. The number of rotatable bonds is 5. The van der Waals surface area contributed by atoms with Gasteiger partial charge in [0, 0.05) is 23.8 Å². The fraction of sp³-hybridized carbons (Fsp3) is 0.714. The van der Waals surface area contributed by atoms with E-state index in [1.165, 1.54) is 23.3 Å². The first-order valence-corrected chi connectivity index (χ1v) is 11.4. The molecule has 0 bridgehead atoms. The third kappa shape index (κ3) is 4.57. The Morgan fingerprint density at radius 3 is 2.68 bits per heavy atom. The average molecular weight is 404 g/mol. The first kappa shape index (κ1) is 19.8. The number of carbonyl (C=O) groups excluding carboxylic acids is 1. The number of likely N-dealkylation sites (tertiary alicyclic amines) is 1. The van der Waals surface area contributed by atoms with E-state index in [4.69, 9.17) is 9.47 Å². The lowest BCUT2D eigenvalue weighted by Crippen LogP contribution is -2.39. The van der Waals surface area contributed by atoms with Gasteiger partial charge in [-0.15, -0.1) is 11.3 Å². The van der Waals surface area contributed by atoms with Crippen LogP contribution in [0.25, 0.3) is 0 Å². The first-order chi connectivity index (χ1) is 13.7. The maximum atomic E-state index is 12.5. The Kier molecular flexibility index (Phi) is 6.63. The molecule has 4 rings (SSSR count). The van der Waals surface area contributed by atoms with Crippen LogP contribution < -0.4 is 5.32 Å². The van der Waals surface area contributed by atoms with E-state index in [0.717, 1.165) is 56.7 Å². The predicted molar refractivity (Wildman–Crippen MR) is 108 cm³/mol. The van der Waals surface area contributed by atoms with Crippen molar-refractivity contribution in [3.05, 3.63) is 16.0 Å². The van der Waals surface area contributed by atoms with Crippen LogP contribution in [0.3, 0.4) is 0 Å². The van der Waals surface area contributed by atoms with Gasteiger partial charge in [-0.05, 0) is 57.2 Å². The Hall–Kier alpha value is -1.46. The second kappa shape index (κ2) is 9.36. The monoisotopic (exact) mass is 403 g/mol. The molecule has 1 amide bonds. The molecule has 28 heavy (non-hydrogen) atoms. The van der Waals surface area contributed by atoms with Crippen molar-refractivity contribution >= 4 is 22.2 Å². The number of hydrogen-bond acceptors (Lipinski definition) is 6. The Bertz CT molecular complexity index is 728. The number of nitrogens with zero attached hydrogens (tertiary/aromatic N) is 2. The largest absolute Gasteiger partial charge is 0.350 e. The quantitative estimate of drug-likeness (QED) is 0.764. The van der Waals surface area contributed by atoms with Gasteiger partial charge >= 0.3 is 0 Å². The maximum absolute atomic E-state index is 12.5. The second-order valence-electron chi connectivity index (χ2n) is 7.97. The molecule has 0 saturated carbocycles. The Balaban J connectivity index is 1.26. The van der Waals surface area contributed by atoms with Crippen LogP contribution in [0.4, 0.5) is 5.00 Å². The van der Waals surface area contributed by atoms with Crippen molar-refractivity contribution in [1.82, 2.24) is 4.90 Å². The molecule has 3 heterocycles. The van der Waals surface area contributed by atoms with Crippen LogP contribution in [0.2, 0.25) is 0 Å². The summed E-state index contributed by atoms with van der Waals surface area (Å²) in [6.07, 6.45) is 8.10. The minimum Gasteiger partial charge on any atom is -0.350 e. The van der Waals surface area contributed by atoms with Crippen molar-refractivity contribution in [2.24, 2.45) is 5.92 Å². The van der Waals surface area contributed by atoms with Crippen molar-refractivity contribution in [2.45, 2.75) is 57.7 Å². The zero-order chi connectivity index (χ0) is 19.3. The molecule has 0 unspecified atom stereocenters. The predicted octanol–water partition coefficient (Wildman–Crippen LogP) is 3.30. The number of carbonyl (C=O) groups is 1. The molecule has 3 aliphatic rings. The highest BCUT2D eigenvalue weighted by atomic mass is 32.1. The van der Waals surface area contributed by atoms with Crippen LogP contribution in [0, 0.1) is 17.2 Å². The van der Waals surface area contributed by atoms with E-state index < -0.39 is 0 Å². The van der Waals surface area contributed by atoms with Crippen LogP contribution in [0.1, 0.15) is 54.5 Å². The van der Waals surface area contributed by atoms with E-state index in [9.17, 15) is 10.1 Å². The molecule has 2 fully saturated rings. The lowest BCUT2D eigenvalue weighted by atomic mass is 9.96. The molecule has 1 N–H and O–H groups in total. The van der Waals surface area contributed by atoms with Gasteiger partial charge in [-0.1, -0.05) is 6.42 Å². The summed E-state index contributed by atoms with van der Waals surface area (Å²) in [7, 11) is 0. The number of amides is 1. The minimum atomic E-state index is -0.0242. The van der Waals surface area contributed by atoms with Gasteiger partial charge in [0.1, 0.15) is 11.1 Å². The molecule has 1 aliphatic carbocycles. The fourth-order valence-electron chi connectivity index (χ4n) is 4.50. The highest BCUT2D eigenvalue weighted by molar-refractivity contribution is 7.16. The molecule has 6 nitrogen and oxygen atoms in total. The van der Waals surface area contributed by atoms with Gasteiger partial charge in [0.05, 0.1) is 18.8 Å². The van der Waals surface area contributed by atoms with Gasteiger partial charge in [0.25, 0.3) is 0 Å². The van der Waals surface area contributed by atoms with E-state index in [-0.39, 0.29) is 12.2 Å². The summed E-state index contributed by atoms with van der Waals surface area (Å²) in [5, 5.41) is 13.4. The number of thiophene rings is 1. The summed E-state index contributed by atoms with van der Waals surface area (Å²) < 4.78 is 11.3. The van der Waals surface area contributed by atoms with Gasteiger partial charge in [-0.2, -0.15) is 5.26 Å².